The van der Waals surface area contributed by atoms with Crippen LogP contribution in [0, 0.1) is 5.82 Å². The molecule has 2 N–H and O–H groups in total. The van der Waals surface area contributed by atoms with Crippen LogP contribution in [0.3, 0.4) is 0 Å². The van der Waals surface area contributed by atoms with Crippen molar-refractivity contribution in [3.8, 4) is 0 Å². The smallest absolute Gasteiger partial charge is 0.316 e. The molecule has 0 amide bonds. The number of nitrogens with one attached hydrogen (secondary N) is 2. The minimum Gasteiger partial charge on any atom is -0.316 e. The van der Waals surface area contributed by atoms with E-state index in [0.717, 1.165) is 21.9 Å². The number of aromatic amines is 1. The Morgan fingerprint density at radius 2 is 2.00 bits per heavy atom. The van der Waals surface area contributed by atoms with Crippen LogP contribution in [0.5, 0.6) is 0 Å². The Morgan fingerprint density at radius 3 is 2.69 bits per heavy atom. The quantitative estimate of drug-likeness (QED) is 0.615. The number of benzene rings is 1. The average molecular weight is 397 g/mol. The number of sulfonamides is 1. The summed E-state index contributed by atoms with van der Waals surface area (Å²) < 4.78 is 41.7. The van der Waals surface area contributed by atoms with E-state index in [-0.39, 0.29) is 22.8 Å². The fourth-order valence-electron chi connectivity index (χ4n) is 2.53. The molecule has 0 saturated carbocycles. The SMILES string of the molecule is CCc1ccc(S(=O)(=O)NCCn2c(=O)c(=O)[nH]c3cc(F)ccc32)s1. The molecular weight excluding hydrogens is 381 g/mol. The van der Waals surface area contributed by atoms with Gasteiger partial charge in [0.15, 0.2) is 0 Å². The van der Waals surface area contributed by atoms with Crippen molar-refractivity contribution in [2.45, 2.75) is 24.1 Å². The predicted molar refractivity (Wildman–Crippen MR) is 97.7 cm³/mol. The zero-order valence-corrected chi connectivity index (χ0v) is 15.4. The molecule has 0 aliphatic carbocycles. The first-order valence-corrected chi connectivity index (χ1v) is 10.1. The van der Waals surface area contributed by atoms with Crippen molar-refractivity contribution in [1.82, 2.24) is 14.3 Å². The van der Waals surface area contributed by atoms with E-state index in [9.17, 15) is 22.4 Å². The Labute approximate surface area is 152 Å². The molecule has 3 rings (SSSR count). The van der Waals surface area contributed by atoms with Crippen molar-refractivity contribution in [2.24, 2.45) is 0 Å². The minimum absolute atomic E-state index is 0.0594. The number of hydrogen-bond acceptors (Lipinski definition) is 5. The normalized spacial score (nSPS) is 11.9. The molecule has 0 bridgehead atoms. The Balaban J connectivity index is 1.85. The highest BCUT2D eigenvalue weighted by Crippen LogP contribution is 2.21. The van der Waals surface area contributed by atoms with Crippen LogP contribution in [-0.2, 0) is 23.0 Å². The molecule has 0 atom stereocenters. The third-order valence-electron chi connectivity index (χ3n) is 3.81. The number of H-pyrrole nitrogens is 1. The van der Waals surface area contributed by atoms with E-state index >= 15 is 0 Å². The second kappa shape index (κ2) is 7.14. The highest BCUT2D eigenvalue weighted by Gasteiger charge is 2.16. The molecule has 138 valence electrons. The number of aryl methyl sites for hydroxylation is 1. The maximum atomic E-state index is 13.3. The van der Waals surface area contributed by atoms with Crippen molar-refractivity contribution in [3.05, 3.63) is 61.7 Å². The summed E-state index contributed by atoms with van der Waals surface area (Å²) in [6.07, 6.45) is 0.741. The van der Waals surface area contributed by atoms with Crippen LogP contribution in [0.25, 0.3) is 11.0 Å². The van der Waals surface area contributed by atoms with E-state index in [0.29, 0.717) is 5.52 Å². The first-order valence-electron chi connectivity index (χ1n) is 7.82. The Kier molecular flexibility index (Phi) is 5.08. The van der Waals surface area contributed by atoms with Gasteiger partial charge in [0.1, 0.15) is 10.0 Å². The van der Waals surface area contributed by atoms with Crippen molar-refractivity contribution in [3.63, 3.8) is 0 Å². The van der Waals surface area contributed by atoms with Gasteiger partial charge in [-0.05, 0) is 36.8 Å². The minimum atomic E-state index is -3.70. The van der Waals surface area contributed by atoms with E-state index in [1.165, 1.54) is 29.5 Å². The van der Waals surface area contributed by atoms with E-state index < -0.39 is 27.0 Å². The lowest BCUT2D eigenvalue weighted by atomic mass is 10.3. The standard InChI is InChI=1S/C16H16FN3O4S2/c1-2-11-4-6-14(25-11)26(23,24)18-7-8-20-13-5-3-10(17)9-12(13)19-15(21)16(20)22/h3-6,9,18H,2,7-8H2,1H3,(H,19,21). The van der Waals surface area contributed by atoms with Crippen LogP contribution in [0.1, 0.15) is 11.8 Å². The van der Waals surface area contributed by atoms with Gasteiger partial charge in [-0.1, -0.05) is 6.92 Å². The molecule has 0 aliphatic rings. The van der Waals surface area contributed by atoms with Crippen LogP contribution < -0.4 is 15.8 Å². The lowest BCUT2D eigenvalue weighted by Gasteiger charge is -2.10. The zero-order valence-electron chi connectivity index (χ0n) is 13.8. The van der Waals surface area contributed by atoms with Gasteiger partial charge in [0.2, 0.25) is 10.0 Å². The second-order valence-electron chi connectivity index (χ2n) is 5.54. The number of fused-ring (bicyclic) bond motifs is 1. The third-order valence-corrected chi connectivity index (χ3v) is 7.00. The summed E-state index contributed by atoms with van der Waals surface area (Å²) in [7, 11) is -3.70. The van der Waals surface area contributed by atoms with E-state index in [1.54, 1.807) is 6.07 Å². The van der Waals surface area contributed by atoms with Crippen LogP contribution in [0.4, 0.5) is 4.39 Å². The van der Waals surface area contributed by atoms with Gasteiger partial charge in [-0.2, -0.15) is 0 Å². The molecule has 0 unspecified atom stereocenters. The number of nitrogens with zero attached hydrogens (tertiary/aromatic N) is 1. The van der Waals surface area contributed by atoms with Crippen LogP contribution in [-0.4, -0.2) is 24.5 Å². The largest absolute Gasteiger partial charge is 0.316 e. The molecule has 7 nitrogen and oxygen atoms in total. The van der Waals surface area contributed by atoms with Crippen molar-refractivity contribution in [2.75, 3.05) is 6.54 Å². The number of thiophene rings is 1. The van der Waals surface area contributed by atoms with Crippen LogP contribution in [0.2, 0.25) is 0 Å². The van der Waals surface area contributed by atoms with Crippen LogP contribution >= 0.6 is 11.3 Å². The molecule has 10 heteroatoms. The molecule has 0 saturated heterocycles. The molecule has 26 heavy (non-hydrogen) atoms. The third kappa shape index (κ3) is 3.62. The number of rotatable bonds is 6. The van der Waals surface area contributed by atoms with Gasteiger partial charge in [0, 0.05) is 18.0 Å². The fraction of sp³-hybridized carbons (Fsp3) is 0.250. The molecule has 0 radical (unpaired) electrons. The highest BCUT2D eigenvalue weighted by molar-refractivity contribution is 7.91. The zero-order chi connectivity index (χ0) is 18.9. The highest BCUT2D eigenvalue weighted by atomic mass is 32.2. The first-order chi connectivity index (χ1) is 12.3. The lowest BCUT2D eigenvalue weighted by Crippen LogP contribution is -2.39. The molecule has 3 aromatic rings. The maximum Gasteiger partial charge on any atom is 0.316 e. The maximum absolute atomic E-state index is 13.3. The van der Waals surface area contributed by atoms with E-state index in [1.807, 2.05) is 6.92 Å². The summed E-state index contributed by atoms with van der Waals surface area (Å²) in [6.45, 7) is 1.79. The van der Waals surface area contributed by atoms with Crippen LogP contribution in [0.15, 0.2) is 44.1 Å². The summed E-state index contributed by atoms with van der Waals surface area (Å²) in [6, 6.07) is 6.92. The topological polar surface area (TPSA) is 101 Å². The van der Waals surface area contributed by atoms with Gasteiger partial charge in [-0.25, -0.2) is 17.5 Å². The van der Waals surface area contributed by atoms with Gasteiger partial charge in [0.25, 0.3) is 0 Å². The molecule has 2 aromatic heterocycles. The van der Waals surface area contributed by atoms with E-state index in [4.69, 9.17) is 0 Å². The van der Waals surface area contributed by atoms with Gasteiger partial charge >= 0.3 is 11.1 Å². The van der Waals surface area contributed by atoms with Crippen molar-refractivity contribution in [1.29, 1.82) is 0 Å². The molecular formula is C16H16FN3O4S2. The molecule has 0 fully saturated rings. The summed E-state index contributed by atoms with van der Waals surface area (Å²) >= 11 is 1.18. The van der Waals surface area contributed by atoms with Gasteiger partial charge < -0.3 is 9.55 Å². The summed E-state index contributed by atoms with van der Waals surface area (Å²) in [4.78, 5) is 27.1. The Morgan fingerprint density at radius 1 is 1.23 bits per heavy atom. The van der Waals surface area contributed by atoms with Crippen molar-refractivity contribution < 1.29 is 12.8 Å². The monoisotopic (exact) mass is 397 g/mol. The van der Waals surface area contributed by atoms with Gasteiger partial charge in [0.05, 0.1) is 11.0 Å². The van der Waals surface area contributed by atoms with E-state index in [2.05, 4.69) is 9.71 Å². The average Bonchev–Trinajstić information content (AvgIpc) is 3.08. The second-order valence-corrected chi connectivity index (χ2v) is 8.71. The fourth-order valence-corrected chi connectivity index (χ4v) is 4.89. The molecule has 0 spiro atoms. The summed E-state index contributed by atoms with van der Waals surface area (Å²) in [5.74, 6) is -0.552. The molecule has 1 aromatic carbocycles. The lowest BCUT2D eigenvalue weighted by molar-refractivity contribution is 0.574. The number of aromatic nitrogens is 2. The van der Waals surface area contributed by atoms with Gasteiger partial charge in [-0.15, -0.1) is 11.3 Å². The Hall–Kier alpha value is -2.30. The number of hydrogen-bond donors (Lipinski definition) is 2. The summed E-state index contributed by atoms with van der Waals surface area (Å²) in [5.41, 5.74) is -1.23. The summed E-state index contributed by atoms with van der Waals surface area (Å²) in [5, 5.41) is 0. The first kappa shape index (κ1) is 18.5. The van der Waals surface area contributed by atoms with Gasteiger partial charge in [-0.3, -0.25) is 9.59 Å². The van der Waals surface area contributed by atoms with Crippen molar-refractivity contribution >= 4 is 32.4 Å². The predicted octanol–water partition coefficient (Wildman–Crippen LogP) is 1.43. The Bertz CT molecular complexity index is 1180. The molecule has 2 heterocycles. The number of halogens is 1. The molecule has 0 aliphatic heterocycles.